The van der Waals surface area contributed by atoms with Gasteiger partial charge in [-0.3, -0.25) is 14.9 Å². The van der Waals surface area contributed by atoms with E-state index in [1.807, 2.05) is 4.90 Å². The molecule has 0 radical (unpaired) electrons. The summed E-state index contributed by atoms with van der Waals surface area (Å²) in [6.45, 7) is 1.39. The van der Waals surface area contributed by atoms with Gasteiger partial charge in [-0.15, -0.1) is 0 Å². The lowest BCUT2D eigenvalue weighted by atomic mass is 10.1. The fourth-order valence-electron chi connectivity index (χ4n) is 2.80. The number of rotatable bonds is 4. The fourth-order valence-corrected chi connectivity index (χ4v) is 3.00. The van der Waals surface area contributed by atoms with Crippen molar-refractivity contribution >= 4 is 29.1 Å². The Morgan fingerprint density at radius 3 is 2.84 bits per heavy atom. The van der Waals surface area contributed by atoms with E-state index in [0.717, 1.165) is 19.4 Å². The summed E-state index contributed by atoms with van der Waals surface area (Å²) in [5, 5.41) is 14.0. The van der Waals surface area contributed by atoms with Crippen LogP contribution in [0.25, 0.3) is 0 Å². The molecule has 0 spiro atoms. The van der Waals surface area contributed by atoms with Crippen molar-refractivity contribution < 1.29 is 9.72 Å². The van der Waals surface area contributed by atoms with Crippen LogP contribution < -0.4 is 10.2 Å². The molecule has 0 saturated carbocycles. The van der Waals surface area contributed by atoms with E-state index in [2.05, 4.69) is 15.3 Å². The molecule has 1 aromatic heterocycles. The summed E-state index contributed by atoms with van der Waals surface area (Å²) in [5.41, 5.74) is -0.0681. The standard InChI is InChI=1S/C16H16ClN5O3/c17-14-5-4-12(22(24)25)9-13(14)15(23)20-11-3-1-8-21(10-11)16-18-6-2-7-19-16/h2,4-7,9,11H,1,3,8,10H2,(H,20,23). The van der Waals surface area contributed by atoms with E-state index in [1.54, 1.807) is 18.5 Å². The normalized spacial score (nSPS) is 17.2. The van der Waals surface area contributed by atoms with Crippen LogP contribution >= 0.6 is 11.6 Å². The number of nitro groups is 1. The van der Waals surface area contributed by atoms with Crippen LogP contribution in [0, 0.1) is 10.1 Å². The quantitative estimate of drug-likeness (QED) is 0.663. The lowest BCUT2D eigenvalue weighted by Gasteiger charge is -2.33. The summed E-state index contributed by atoms with van der Waals surface area (Å²) in [7, 11) is 0. The molecule has 1 unspecified atom stereocenters. The Bertz CT molecular complexity index is 787. The molecule has 8 nitrogen and oxygen atoms in total. The van der Waals surface area contributed by atoms with Crippen molar-refractivity contribution in [2.75, 3.05) is 18.0 Å². The SMILES string of the molecule is O=C(NC1CCCN(c2ncccn2)C1)c1cc([N+](=O)[O-])ccc1Cl. The van der Waals surface area contributed by atoms with Gasteiger partial charge in [-0.25, -0.2) is 9.97 Å². The van der Waals surface area contributed by atoms with E-state index >= 15 is 0 Å². The van der Waals surface area contributed by atoms with Gasteiger partial charge in [0.1, 0.15) is 0 Å². The lowest BCUT2D eigenvalue weighted by molar-refractivity contribution is -0.384. The van der Waals surface area contributed by atoms with E-state index in [1.165, 1.54) is 18.2 Å². The third-order valence-corrected chi connectivity index (χ3v) is 4.33. The Hall–Kier alpha value is -2.74. The van der Waals surface area contributed by atoms with Crippen molar-refractivity contribution in [2.24, 2.45) is 0 Å². The minimum absolute atomic E-state index is 0.101. The van der Waals surface area contributed by atoms with Gasteiger partial charge >= 0.3 is 0 Å². The Balaban J connectivity index is 1.70. The number of non-ortho nitro benzene ring substituents is 1. The van der Waals surface area contributed by atoms with Crippen molar-refractivity contribution in [3.05, 3.63) is 57.4 Å². The number of hydrogen-bond donors (Lipinski definition) is 1. The first-order valence-corrected chi connectivity index (χ1v) is 8.19. The van der Waals surface area contributed by atoms with Crippen LogP contribution in [0.5, 0.6) is 0 Å². The van der Waals surface area contributed by atoms with Gasteiger partial charge in [0.25, 0.3) is 11.6 Å². The molecule has 25 heavy (non-hydrogen) atoms. The Morgan fingerprint density at radius 1 is 1.36 bits per heavy atom. The number of benzene rings is 1. The van der Waals surface area contributed by atoms with Crippen LogP contribution in [0.3, 0.4) is 0 Å². The molecule has 1 saturated heterocycles. The number of nitrogens with one attached hydrogen (secondary N) is 1. The second kappa shape index (κ2) is 7.43. The van der Waals surface area contributed by atoms with Gasteiger partial charge in [0.15, 0.2) is 0 Å². The Kier molecular flexibility index (Phi) is 5.08. The maximum Gasteiger partial charge on any atom is 0.270 e. The number of piperidine rings is 1. The van der Waals surface area contributed by atoms with E-state index < -0.39 is 10.8 Å². The van der Waals surface area contributed by atoms with Gasteiger partial charge in [0, 0.05) is 43.7 Å². The molecule has 3 rings (SSSR count). The predicted octanol–water partition coefficient (Wildman–Crippen LogP) is 2.44. The molecular weight excluding hydrogens is 346 g/mol. The molecule has 1 N–H and O–H groups in total. The highest BCUT2D eigenvalue weighted by atomic mass is 35.5. The number of hydrogen-bond acceptors (Lipinski definition) is 6. The molecule has 2 heterocycles. The van der Waals surface area contributed by atoms with Crippen LogP contribution in [0.2, 0.25) is 5.02 Å². The first-order chi connectivity index (χ1) is 12.0. The number of halogens is 1. The predicted molar refractivity (Wildman–Crippen MR) is 92.8 cm³/mol. The average molecular weight is 362 g/mol. The summed E-state index contributed by atoms with van der Waals surface area (Å²) >= 11 is 6.02. The second-order valence-corrected chi connectivity index (χ2v) is 6.14. The molecule has 2 aromatic rings. The maximum absolute atomic E-state index is 12.5. The minimum Gasteiger partial charge on any atom is -0.347 e. The number of carbonyl (C=O) groups excluding carboxylic acids is 1. The molecule has 1 aromatic carbocycles. The zero-order chi connectivity index (χ0) is 17.8. The van der Waals surface area contributed by atoms with Crippen molar-refractivity contribution in [3.8, 4) is 0 Å². The molecule has 1 aliphatic rings. The molecular formula is C16H16ClN5O3. The zero-order valence-electron chi connectivity index (χ0n) is 13.3. The fraction of sp³-hybridized carbons (Fsp3) is 0.312. The Labute approximate surface area is 149 Å². The number of nitro benzene ring substituents is 1. The van der Waals surface area contributed by atoms with E-state index in [4.69, 9.17) is 11.6 Å². The molecule has 1 aliphatic heterocycles. The minimum atomic E-state index is -0.553. The van der Waals surface area contributed by atoms with Gasteiger partial charge < -0.3 is 10.2 Å². The molecule has 1 amide bonds. The third-order valence-electron chi connectivity index (χ3n) is 4.00. The highest BCUT2D eigenvalue weighted by Crippen LogP contribution is 2.23. The molecule has 130 valence electrons. The first kappa shape index (κ1) is 17.1. The summed E-state index contributed by atoms with van der Waals surface area (Å²) in [4.78, 5) is 33.3. The first-order valence-electron chi connectivity index (χ1n) is 7.81. The Morgan fingerprint density at radius 2 is 2.12 bits per heavy atom. The highest BCUT2D eigenvalue weighted by Gasteiger charge is 2.24. The van der Waals surface area contributed by atoms with Gasteiger partial charge in [-0.2, -0.15) is 0 Å². The second-order valence-electron chi connectivity index (χ2n) is 5.73. The van der Waals surface area contributed by atoms with Gasteiger partial charge in [0.05, 0.1) is 15.5 Å². The van der Waals surface area contributed by atoms with Crippen molar-refractivity contribution in [3.63, 3.8) is 0 Å². The van der Waals surface area contributed by atoms with Gasteiger partial charge in [0.2, 0.25) is 5.95 Å². The summed E-state index contributed by atoms with van der Waals surface area (Å²) in [6.07, 6.45) is 5.04. The number of amides is 1. The number of anilines is 1. The number of aromatic nitrogens is 2. The number of nitrogens with zero attached hydrogens (tertiary/aromatic N) is 4. The molecule has 0 aliphatic carbocycles. The topological polar surface area (TPSA) is 101 Å². The summed E-state index contributed by atoms with van der Waals surface area (Å²) in [6, 6.07) is 5.46. The zero-order valence-corrected chi connectivity index (χ0v) is 14.0. The number of carbonyl (C=O) groups is 1. The van der Waals surface area contributed by atoms with Crippen molar-refractivity contribution in [2.45, 2.75) is 18.9 Å². The van der Waals surface area contributed by atoms with Crippen LogP contribution in [0.15, 0.2) is 36.7 Å². The van der Waals surface area contributed by atoms with Crippen LogP contribution in [-0.2, 0) is 0 Å². The lowest BCUT2D eigenvalue weighted by Crippen LogP contribution is -2.48. The van der Waals surface area contributed by atoms with E-state index in [0.29, 0.717) is 12.5 Å². The van der Waals surface area contributed by atoms with Gasteiger partial charge in [-0.1, -0.05) is 11.6 Å². The average Bonchev–Trinajstić information content (AvgIpc) is 2.62. The maximum atomic E-state index is 12.5. The molecule has 0 bridgehead atoms. The van der Waals surface area contributed by atoms with Crippen molar-refractivity contribution in [1.29, 1.82) is 0 Å². The van der Waals surface area contributed by atoms with E-state index in [-0.39, 0.29) is 22.3 Å². The van der Waals surface area contributed by atoms with E-state index in [9.17, 15) is 14.9 Å². The molecule has 9 heteroatoms. The van der Waals surface area contributed by atoms with Crippen LogP contribution in [0.4, 0.5) is 11.6 Å². The highest BCUT2D eigenvalue weighted by molar-refractivity contribution is 6.33. The van der Waals surface area contributed by atoms with Crippen molar-refractivity contribution in [1.82, 2.24) is 15.3 Å². The largest absolute Gasteiger partial charge is 0.347 e. The van der Waals surface area contributed by atoms with Crippen LogP contribution in [0.1, 0.15) is 23.2 Å². The van der Waals surface area contributed by atoms with Crippen LogP contribution in [-0.4, -0.2) is 39.9 Å². The molecule has 1 fully saturated rings. The monoisotopic (exact) mass is 361 g/mol. The summed E-state index contributed by atoms with van der Waals surface area (Å²) < 4.78 is 0. The van der Waals surface area contributed by atoms with Gasteiger partial charge in [-0.05, 0) is 25.0 Å². The smallest absolute Gasteiger partial charge is 0.270 e. The summed E-state index contributed by atoms with van der Waals surface area (Å²) in [5.74, 6) is 0.198. The molecule has 1 atom stereocenters. The third kappa shape index (κ3) is 4.03.